The Hall–Kier alpha value is -5.60. The monoisotopic (exact) mass is 537 g/mol. The minimum absolute atomic E-state index is 0.906. The van der Waals surface area contributed by atoms with Gasteiger partial charge in [0.25, 0.3) is 0 Å². The van der Waals surface area contributed by atoms with Crippen LogP contribution in [0.15, 0.2) is 168 Å². The molecular formula is C40H27NO. The summed E-state index contributed by atoms with van der Waals surface area (Å²) in [5.74, 6) is 0. The standard InChI is InChI=1S/C40H27NO/c1-3-12-28(13-4-1)30-14-11-15-31(26-30)29-22-24-33(25-23-29)41(32-16-5-2-6-17-32)38-27-37-35-19-9-10-21-39(35)42-40(37)36-20-8-7-18-34(36)38/h1-27H. The molecular weight excluding hydrogens is 510 g/mol. The number of rotatable bonds is 5. The van der Waals surface area contributed by atoms with Crippen LogP contribution in [0.5, 0.6) is 0 Å². The quantitative estimate of drug-likeness (QED) is 0.217. The number of anilines is 3. The van der Waals surface area contributed by atoms with Crippen molar-refractivity contribution in [1.82, 2.24) is 0 Å². The molecule has 0 spiro atoms. The van der Waals surface area contributed by atoms with Gasteiger partial charge in [0.05, 0.1) is 5.69 Å². The fourth-order valence-electron chi connectivity index (χ4n) is 6.03. The molecule has 0 aliphatic carbocycles. The van der Waals surface area contributed by atoms with Crippen LogP contribution < -0.4 is 4.90 Å². The van der Waals surface area contributed by atoms with Gasteiger partial charge in [-0.1, -0.05) is 121 Å². The van der Waals surface area contributed by atoms with Crippen molar-refractivity contribution < 1.29 is 4.42 Å². The highest BCUT2D eigenvalue weighted by Gasteiger charge is 2.20. The molecule has 0 amide bonds. The van der Waals surface area contributed by atoms with E-state index in [1.54, 1.807) is 0 Å². The minimum atomic E-state index is 0.906. The van der Waals surface area contributed by atoms with Crippen LogP contribution in [0.1, 0.15) is 0 Å². The summed E-state index contributed by atoms with van der Waals surface area (Å²) >= 11 is 0. The summed E-state index contributed by atoms with van der Waals surface area (Å²) in [5, 5.41) is 4.50. The molecule has 0 aliphatic heterocycles. The van der Waals surface area contributed by atoms with Crippen molar-refractivity contribution in [2.75, 3.05) is 4.90 Å². The Morgan fingerprint density at radius 3 is 1.64 bits per heavy atom. The molecule has 0 saturated carbocycles. The molecule has 8 aromatic rings. The molecule has 42 heavy (non-hydrogen) atoms. The highest BCUT2D eigenvalue weighted by atomic mass is 16.3. The predicted octanol–water partition coefficient (Wildman–Crippen LogP) is 11.5. The fraction of sp³-hybridized carbons (Fsp3) is 0. The summed E-state index contributed by atoms with van der Waals surface area (Å²) in [6.07, 6.45) is 0. The second kappa shape index (κ2) is 10.1. The maximum Gasteiger partial charge on any atom is 0.143 e. The van der Waals surface area contributed by atoms with Gasteiger partial charge in [0.1, 0.15) is 11.2 Å². The van der Waals surface area contributed by atoms with E-state index in [9.17, 15) is 0 Å². The largest absolute Gasteiger partial charge is 0.455 e. The Morgan fingerprint density at radius 2 is 0.905 bits per heavy atom. The lowest BCUT2D eigenvalue weighted by molar-refractivity contribution is 0.672. The van der Waals surface area contributed by atoms with Crippen molar-refractivity contribution in [1.29, 1.82) is 0 Å². The van der Waals surface area contributed by atoms with E-state index in [1.165, 1.54) is 22.3 Å². The Balaban J connectivity index is 1.29. The first-order chi connectivity index (χ1) is 20.8. The first-order valence-electron chi connectivity index (χ1n) is 14.3. The van der Waals surface area contributed by atoms with E-state index in [1.807, 2.05) is 12.1 Å². The number of fused-ring (bicyclic) bond motifs is 5. The summed E-state index contributed by atoms with van der Waals surface area (Å²) < 4.78 is 6.40. The highest BCUT2D eigenvalue weighted by Crippen LogP contribution is 2.44. The number of hydrogen-bond donors (Lipinski definition) is 0. The van der Waals surface area contributed by atoms with Gasteiger partial charge < -0.3 is 9.32 Å². The summed E-state index contributed by atoms with van der Waals surface area (Å²) in [7, 11) is 0. The smallest absolute Gasteiger partial charge is 0.143 e. The van der Waals surface area contributed by atoms with E-state index in [-0.39, 0.29) is 0 Å². The maximum atomic E-state index is 6.40. The topological polar surface area (TPSA) is 16.4 Å². The molecule has 2 nitrogen and oxygen atoms in total. The lowest BCUT2D eigenvalue weighted by Gasteiger charge is -2.27. The Labute approximate surface area is 244 Å². The van der Waals surface area contributed by atoms with Crippen molar-refractivity contribution in [2.24, 2.45) is 0 Å². The van der Waals surface area contributed by atoms with E-state index in [4.69, 9.17) is 4.42 Å². The van der Waals surface area contributed by atoms with Crippen molar-refractivity contribution in [3.63, 3.8) is 0 Å². The normalized spacial score (nSPS) is 11.3. The van der Waals surface area contributed by atoms with E-state index in [0.717, 1.165) is 49.8 Å². The third-order valence-electron chi connectivity index (χ3n) is 8.05. The van der Waals surface area contributed by atoms with E-state index < -0.39 is 0 Å². The zero-order valence-corrected chi connectivity index (χ0v) is 22.9. The summed E-state index contributed by atoms with van der Waals surface area (Å²) in [5.41, 5.74) is 9.98. The molecule has 2 heteroatoms. The van der Waals surface area contributed by atoms with E-state index in [2.05, 4.69) is 157 Å². The number of furan rings is 1. The Morgan fingerprint density at radius 1 is 0.357 bits per heavy atom. The van der Waals surface area contributed by atoms with Crippen molar-refractivity contribution >= 4 is 49.8 Å². The number of hydrogen-bond acceptors (Lipinski definition) is 2. The van der Waals surface area contributed by atoms with Crippen LogP contribution in [0.25, 0.3) is 55.0 Å². The molecule has 0 saturated heterocycles. The van der Waals surface area contributed by atoms with Gasteiger partial charge >= 0.3 is 0 Å². The Kier molecular flexibility index (Phi) is 5.82. The van der Waals surface area contributed by atoms with E-state index in [0.29, 0.717) is 0 Å². The van der Waals surface area contributed by atoms with Crippen LogP contribution in [0.4, 0.5) is 17.1 Å². The zero-order chi connectivity index (χ0) is 27.9. The van der Waals surface area contributed by atoms with Crippen LogP contribution >= 0.6 is 0 Å². The van der Waals surface area contributed by atoms with Gasteiger partial charge in [0, 0.05) is 32.9 Å². The van der Waals surface area contributed by atoms with Gasteiger partial charge in [-0.15, -0.1) is 0 Å². The van der Waals surface area contributed by atoms with Gasteiger partial charge in [-0.25, -0.2) is 0 Å². The molecule has 7 aromatic carbocycles. The molecule has 1 aromatic heterocycles. The molecule has 0 aliphatic rings. The van der Waals surface area contributed by atoms with Gasteiger partial charge in [-0.2, -0.15) is 0 Å². The molecule has 0 fully saturated rings. The maximum absolute atomic E-state index is 6.40. The lowest BCUT2D eigenvalue weighted by atomic mass is 9.98. The summed E-state index contributed by atoms with van der Waals surface area (Å²) in [4.78, 5) is 2.35. The Bertz CT molecular complexity index is 2180. The second-order valence-electron chi connectivity index (χ2n) is 10.6. The molecule has 198 valence electrons. The van der Waals surface area contributed by atoms with Crippen molar-refractivity contribution in [3.05, 3.63) is 164 Å². The molecule has 0 radical (unpaired) electrons. The van der Waals surface area contributed by atoms with Crippen LogP contribution in [0, 0.1) is 0 Å². The van der Waals surface area contributed by atoms with Crippen LogP contribution in [-0.4, -0.2) is 0 Å². The molecule has 0 N–H and O–H groups in total. The third kappa shape index (κ3) is 4.13. The average molecular weight is 538 g/mol. The molecule has 1 heterocycles. The first-order valence-corrected chi connectivity index (χ1v) is 14.3. The van der Waals surface area contributed by atoms with E-state index >= 15 is 0 Å². The number of nitrogens with zero attached hydrogens (tertiary/aromatic N) is 1. The third-order valence-corrected chi connectivity index (χ3v) is 8.05. The average Bonchev–Trinajstić information content (AvgIpc) is 3.45. The van der Waals surface area contributed by atoms with Gasteiger partial charge in [0.15, 0.2) is 0 Å². The second-order valence-corrected chi connectivity index (χ2v) is 10.6. The summed E-state index contributed by atoms with van der Waals surface area (Å²) in [6.45, 7) is 0. The highest BCUT2D eigenvalue weighted by molar-refractivity contribution is 6.19. The predicted molar refractivity (Wildman–Crippen MR) is 177 cm³/mol. The SMILES string of the molecule is c1ccc(-c2cccc(-c3ccc(N(c4ccccc4)c4cc5c6ccccc6oc5c5ccccc45)cc3)c2)cc1. The number of benzene rings is 7. The van der Waals surface area contributed by atoms with Crippen LogP contribution in [0.3, 0.4) is 0 Å². The number of para-hydroxylation sites is 2. The van der Waals surface area contributed by atoms with Crippen molar-refractivity contribution in [2.45, 2.75) is 0 Å². The fourth-order valence-corrected chi connectivity index (χ4v) is 6.03. The van der Waals surface area contributed by atoms with Gasteiger partial charge in [0.2, 0.25) is 0 Å². The van der Waals surface area contributed by atoms with Crippen LogP contribution in [-0.2, 0) is 0 Å². The lowest BCUT2D eigenvalue weighted by Crippen LogP contribution is -2.10. The zero-order valence-electron chi connectivity index (χ0n) is 22.9. The van der Waals surface area contributed by atoms with Crippen molar-refractivity contribution in [3.8, 4) is 22.3 Å². The molecule has 8 rings (SSSR count). The van der Waals surface area contributed by atoms with Gasteiger partial charge in [-0.3, -0.25) is 0 Å². The van der Waals surface area contributed by atoms with Crippen LogP contribution in [0.2, 0.25) is 0 Å². The minimum Gasteiger partial charge on any atom is -0.455 e. The molecule has 0 atom stereocenters. The molecule has 0 bridgehead atoms. The first kappa shape index (κ1) is 24.2. The molecule has 0 unspecified atom stereocenters. The van der Waals surface area contributed by atoms with Gasteiger partial charge in [-0.05, 0) is 64.7 Å². The summed E-state index contributed by atoms with van der Waals surface area (Å²) in [6, 6.07) is 57.9.